The quantitative estimate of drug-likeness (QED) is 0.847. The predicted octanol–water partition coefficient (Wildman–Crippen LogP) is 3.28. The lowest BCUT2D eigenvalue weighted by atomic mass is 10.1. The topological polar surface area (TPSA) is 79.3 Å². The standard InChI is InChI=1S/C16H13F3N2O3S/c17-16(18,19)9-3-1-2-8(4-9)10-5-11(10)14(22)20-6-13-21-12(7-25-13)15(23)24/h1-4,7,10-11H,5-6H2,(H,20,22)(H,23,24). The second kappa shape index (κ2) is 6.47. The first-order chi connectivity index (χ1) is 11.8. The van der Waals surface area contributed by atoms with Crippen LogP contribution in [-0.4, -0.2) is 22.0 Å². The summed E-state index contributed by atoms with van der Waals surface area (Å²) >= 11 is 1.12. The Morgan fingerprint density at radius 2 is 2.12 bits per heavy atom. The molecule has 1 saturated carbocycles. The Balaban J connectivity index is 1.58. The van der Waals surface area contributed by atoms with Gasteiger partial charge in [-0.15, -0.1) is 11.3 Å². The number of halogens is 3. The Morgan fingerprint density at radius 3 is 2.76 bits per heavy atom. The minimum Gasteiger partial charge on any atom is -0.476 e. The van der Waals surface area contributed by atoms with Gasteiger partial charge in [0.05, 0.1) is 12.1 Å². The minimum absolute atomic E-state index is 0.0810. The number of rotatable bonds is 5. The molecule has 1 aromatic carbocycles. The lowest BCUT2D eigenvalue weighted by Crippen LogP contribution is -2.24. The fraction of sp³-hybridized carbons (Fsp3) is 0.312. The molecule has 5 nitrogen and oxygen atoms in total. The first-order valence-electron chi connectivity index (χ1n) is 7.38. The van der Waals surface area contributed by atoms with E-state index < -0.39 is 17.7 Å². The van der Waals surface area contributed by atoms with Gasteiger partial charge in [-0.2, -0.15) is 13.2 Å². The Kier molecular flexibility index (Phi) is 4.51. The molecule has 9 heteroatoms. The van der Waals surface area contributed by atoms with Crippen molar-refractivity contribution < 1.29 is 27.9 Å². The molecule has 1 aromatic heterocycles. The first kappa shape index (κ1) is 17.4. The molecule has 0 bridgehead atoms. The fourth-order valence-corrected chi connectivity index (χ4v) is 3.29. The van der Waals surface area contributed by atoms with Crippen LogP contribution in [0.2, 0.25) is 0 Å². The Labute approximate surface area is 144 Å². The number of carboxylic acids is 1. The summed E-state index contributed by atoms with van der Waals surface area (Å²) in [5.74, 6) is -2.01. The summed E-state index contributed by atoms with van der Waals surface area (Å²) < 4.78 is 38.2. The minimum atomic E-state index is -4.41. The molecule has 1 amide bonds. The molecule has 0 aliphatic heterocycles. The van der Waals surface area contributed by atoms with Crippen LogP contribution >= 0.6 is 11.3 Å². The Morgan fingerprint density at radius 1 is 1.36 bits per heavy atom. The highest BCUT2D eigenvalue weighted by atomic mass is 32.1. The van der Waals surface area contributed by atoms with Crippen LogP contribution in [0.3, 0.4) is 0 Å². The molecule has 0 spiro atoms. The molecule has 2 unspecified atom stereocenters. The van der Waals surface area contributed by atoms with Crippen LogP contribution in [0.4, 0.5) is 13.2 Å². The van der Waals surface area contributed by atoms with Gasteiger partial charge in [-0.25, -0.2) is 9.78 Å². The van der Waals surface area contributed by atoms with Gasteiger partial charge in [-0.05, 0) is 24.0 Å². The van der Waals surface area contributed by atoms with Crippen LogP contribution in [0.15, 0.2) is 29.6 Å². The van der Waals surface area contributed by atoms with E-state index >= 15 is 0 Å². The monoisotopic (exact) mass is 370 g/mol. The number of aromatic carboxylic acids is 1. The van der Waals surface area contributed by atoms with Gasteiger partial charge in [0.15, 0.2) is 5.69 Å². The molecule has 1 aliphatic carbocycles. The molecule has 2 N–H and O–H groups in total. The molecule has 25 heavy (non-hydrogen) atoms. The average Bonchev–Trinajstić information content (AvgIpc) is 3.22. The highest BCUT2D eigenvalue weighted by molar-refractivity contribution is 7.09. The predicted molar refractivity (Wildman–Crippen MR) is 83.2 cm³/mol. The maximum atomic E-state index is 12.7. The van der Waals surface area contributed by atoms with Crippen LogP contribution in [-0.2, 0) is 17.5 Å². The number of hydrogen-bond acceptors (Lipinski definition) is 4. The molecule has 1 heterocycles. The highest BCUT2D eigenvalue weighted by Crippen LogP contribution is 2.48. The van der Waals surface area contributed by atoms with Crippen LogP contribution in [0.25, 0.3) is 0 Å². The Bertz CT molecular complexity index is 819. The van der Waals surface area contributed by atoms with Gasteiger partial charge in [-0.1, -0.05) is 18.2 Å². The van der Waals surface area contributed by atoms with E-state index in [2.05, 4.69) is 10.3 Å². The number of nitrogens with zero attached hydrogens (tertiary/aromatic N) is 1. The van der Waals surface area contributed by atoms with Crippen LogP contribution in [0, 0.1) is 5.92 Å². The summed E-state index contributed by atoms with van der Waals surface area (Å²) in [5.41, 5.74) is -0.306. The van der Waals surface area contributed by atoms with Gasteiger partial charge in [0.2, 0.25) is 5.91 Å². The molecule has 3 rings (SSSR count). The molecule has 0 saturated heterocycles. The van der Waals surface area contributed by atoms with Crippen molar-refractivity contribution in [3.8, 4) is 0 Å². The zero-order valence-electron chi connectivity index (χ0n) is 12.7. The van der Waals surface area contributed by atoms with Crippen molar-refractivity contribution in [2.24, 2.45) is 5.92 Å². The number of carboxylic acid groups (broad SMARTS) is 1. The average molecular weight is 370 g/mol. The van der Waals surface area contributed by atoms with Crippen molar-refractivity contribution in [3.63, 3.8) is 0 Å². The van der Waals surface area contributed by atoms with Crippen LogP contribution in [0.1, 0.15) is 39.0 Å². The summed E-state index contributed by atoms with van der Waals surface area (Å²) in [5, 5.41) is 13.3. The van der Waals surface area contributed by atoms with E-state index in [1.165, 1.54) is 11.4 Å². The number of carbonyl (C=O) groups is 2. The summed E-state index contributed by atoms with van der Waals surface area (Å²) in [7, 11) is 0. The highest BCUT2D eigenvalue weighted by Gasteiger charge is 2.44. The second-order valence-electron chi connectivity index (χ2n) is 5.72. The van der Waals surface area contributed by atoms with Gasteiger partial charge in [0, 0.05) is 11.3 Å². The number of nitrogens with one attached hydrogen (secondary N) is 1. The van der Waals surface area contributed by atoms with Gasteiger partial charge in [0.1, 0.15) is 5.01 Å². The molecule has 0 radical (unpaired) electrons. The van der Waals surface area contributed by atoms with E-state index in [1.54, 1.807) is 6.07 Å². The molecule has 1 aliphatic rings. The number of alkyl halides is 3. The number of thiazole rings is 1. The van der Waals surface area contributed by atoms with E-state index in [9.17, 15) is 22.8 Å². The van der Waals surface area contributed by atoms with Crippen molar-refractivity contribution in [1.82, 2.24) is 10.3 Å². The van der Waals surface area contributed by atoms with E-state index in [4.69, 9.17) is 5.11 Å². The van der Waals surface area contributed by atoms with Gasteiger partial charge >= 0.3 is 12.1 Å². The number of hydrogen-bond donors (Lipinski definition) is 2. The normalized spacial score (nSPS) is 19.5. The number of carbonyl (C=O) groups excluding carboxylic acids is 1. The Hall–Kier alpha value is -2.42. The van der Waals surface area contributed by atoms with Crippen LogP contribution < -0.4 is 5.32 Å². The lowest BCUT2D eigenvalue weighted by Gasteiger charge is -2.08. The summed E-state index contributed by atoms with van der Waals surface area (Å²) in [4.78, 5) is 26.7. The molecular formula is C16H13F3N2O3S. The smallest absolute Gasteiger partial charge is 0.416 e. The number of amides is 1. The number of benzene rings is 1. The van der Waals surface area contributed by atoms with E-state index in [-0.39, 0.29) is 30.0 Å². The third kappa shape index (κ3) is 3.98. The van der Waals surface area contributed by atoms with Crippen molar-refractivity contribution in [3.05, 3.63) is 51.5 Å². The molecule has 2 aromatic rings. The third-order valence-electron chi connectivity index (χ3n) is 3.95. The maximum absolute atomic E-state index is 12.7. The van der Waals surface area contributed by atoms with Gasteiger partial charge in [0.25, 0.3) is 0 Å². The van der Waals surface area contributed by atoms with Crippen molar-refractivity contribution >= 4 is 23.2 Å². The van der Waals surface area contributed by atoms with E-state index in [1.807, 2.05) is 0 Å². The molecular weight excluding hydrogens is 357 g/mol. The summed E-state index contributed by atoms with van der Waals surface area (Å²) in [6.45, 7) is 0.0998. The van der Waals surface area contributed by atoms with Crippen molar-refractivity contribution in [1.29, 1.82) is 0 Å². The molecule has 2 atom stereocenters. The summed E-state index contributed by atoms with van der Waals surface area (Å²) in [6.07, 6.45) is -3.92. The maximum Gasteiger partial charge on any atom is 0.416 e. The molecule has 1 fully saturated rings. The van der Waals surface area contributed by atoms with Crippen molar-refractivity contribution in [2.45, 2.75) is 25.1 Å². The van der Waals surface area contributed by atoms with Crippen LogP contribution in [0.5, 0.6) is 0 Å². The van der Waals surface area contributed by atoms with Gasteiger partial charge < -0.3 is 10.4 Å². The largest absolute Gasteiger partial charge is 0.476 e. The third-order valence-corrected chi connectivity index (χ3v) is 4.80. The fourth-order valence-electron chi connectivity index (χ4n) is 2.58. The van der Waals surface area contributed by atoms with Crippen molar-refractivity contribution in [2.75, 3.05) is 0 Å². The summed E-state index contributed by atoms with van der Waals surface area (Å²) in [6, 6.07) is 5.02. The first-order valence-corrected chi connectivity index (χ1v) is 8.26. The zero-order valence-corrected chi connectivity index (χ0v) is 13.5. The number of aromatic nitrogens is 1. The SMILES string of the molecule is O=C(O)c1csc(CNC(=O)C2CC2c2cccc(C(F)(F)F)c2)n1. The zero-order chi connectivity index (χ0) is 18.2. The lowest BCUT2D eigenvalue weighted by molar-refractivity contribution is -0.137. The van der Waals surface area contributed by atoms with Gasteiger partial charge in [-0.3, -0.25) is 4.79 Å². The molecule has 132 valence electrons. The van der Waals surface area contributed by atoms with E-state index in [0.717, 1.165) is 23.5 Å². The van der Waals surface area contributed by atoms with E-state index in [0.29, 0.717) is 17.0 Å². The second-order valence-corrected chi connectivity index (χ2v) is 6.66.